The van der Waals surface area contributed by atoms with E-state index in [0.717, 1.165) is 22.4 Å². The summed E-state index contributed by atoms with van der Waals surface area (Å²) in [4.78, 5) is 26.8. The first-order valence-corrected chi connectivity index (χ1v) is 10.8. The third-order valence-electron chi connectivity index (χ3n) is 5.80. The fourth-order valence-electron chi connectivity index (χ4n) is 3.64. The van der Waals surface area contributed by atoms with Gasteiger partial charge >= 0.3 is 0 Å². The van der Waals surface area contributed by atoms with Gasteiger partial charge in [-0.2, -0.15) is 0 Å². The number of rotatable bonds is 7. The zero-order chi connectivity index (χ0) is 23.4. The highest BCUT2D eigenvalue weighted by atomic mass is 19.1. The second-order valence-corrected chi connectivity index (χ2v) is 8.23. The largest absolute Gasteiger partial charge is 0.489 e. The average molecular weight is 448 g/mol. The molecule has 0 aliphatic carbocycles. The highest BCUT2D eigenvalue weighted by Crippen LogP contribution is 2.27. The highest BCUT2D eigenvalue weighted by molar-refractivity contribution is 6.00. The van der Waals surface area contributed by atoms with Gasteiger partial charge in [0.2, 0.25) is 11.8 Å². The smallest absolute Gasteiger partial charge is 0.243 e. The first-order valence-electron chi connectivity index (χ1n) is 10.8. The molecular weight excluding hydrogens is 421 g/mol. The molecular formula is C26H26FN3O3. The molecule has 0 aromatic heterocycles. The Labute approximate surface area is 192 Å². The van der Waals surface area contributed by atoms with Crippen molar-refractivity contribution in [2.75, 3.05) is 16.9 Å². The second-order valence-electron chi connectivity index (χ2n) is 8.23. The monoisotopic (exact) mass is 447 g/mol. The molecule has 0 radical (unpaired) electrons. The summed E-state index contributed by atoms with van der Waals surface area (Å²) >= 11 is 0. The van der Waals surface area contributed by atoms with Crippen molar-refractivity contribution in [1.82, 2.24) is 5.43 Å². The maximum absolute atomic E-state index is 13.0. The molecule has 2 N–H and O–H groups in total. The number of benzene rings is 3. The van der Waals surface area contributed by atoms with Crippen molar-refractivity contribution in [3.8, 4) is 5.75 Å². The topological polar surface area (TPSA) is 70.7 Å². The molecule has 1 heterocycles. The van der Waals surface area contributed by atoms with Gasteiger partial charge < -0.3 is 9.64 Å². The predicted molar refractivity (Wildman–Crippen MR) is 125 cm³/mol. The van der Waals surface area contributed by atoms with Gasteiger partial charge in [-0.25, -0.2) is 4.39 Å². The summed E-state index contributed by atoms with van der Waals surface area (Å²) in [7, 11) is 0. The van der Waals surface area contributed by atoms with Crippen molar-refractivity contribution in [2.24, 2.45) is 5.92 Å². The molecule has 1 aliphatic rings. The minimum absolute atomic E-state index is 0.0546. The van der Waals surface area contributed by atoms with Crippen LogP contribution in [0.4, 0.5) is 15.8 Å². The van der Waals surface area contributed by atoms with Crippen LogP contribution in [0, 0.1) is 25.6 Å². The number of aryl methyl sites for hydroxylation is 2. The molecule has 33 heavy (non-hydrogen) atoms. The Balaban J connectivity index is 1.27. The van der Waals surface area contributed by atoms with E-state index in [1.54, 1.807) is 41.3 Å². The minimum Gasteiger partial charge on any atom is -0.489 e. The highest BCUT2D eigenvalue weighted by Gasteiger charge is 2.35. The number of carbonyl (C=O) groups is 2. The van der Waals surface area contributed by atoms with E-state index in [9.17, 15) is 14.0 Å². The van der Waals surface area contributed by atoms with Crippen LogP contribution in [-0.4, -0.2) is 18.4 Å². The van der Waals surface area contributed by atoms with E-state index in [2.05, 4.69) is 10.9 Å². The summed E-state index contributed by atoms with van der Waals surface area (Å²) in [5.41, 5.74) is 10.2. The van der Waals surface area contributed by atoms with Crippen LogP contribution in [0.15, 0.2) is 66.7 Å². The molecule has 3 aromatic rings. The molecule has 3 aromatic carbocycles. The molecule has 170 valence electrons. The van der Waals surface area contributed by atoms with Gasteiger partial charge in [-0.3, -0.25) is 20.4 Å². The SMILES string of the molecule is Cc1ccc(N2C[C@H](C(=O)NNc3ccc(OCc4ccc(F)cc4)cc3)CC2=O)cc1C. The molecule has 2 amide bonds. The van der Waals surface area contributed by atoms with Crippen LogP contribution in [0.1, 0.15) is 23.1 Å². The summed E-state index contributed by atoms with van der Waals surface area (Å²) in [5.74, 6) is -0.338. The number of hydrogen-bond donors (Lipinski definition) is 2. The predicted octanol–water partition coefficient (Wildman–Crippen LogP) is 4.52. The van der Waals surface area contributed by atoms with E-state index < -0.39 is 5.92 Å². The first kappa shape index (κ1) is 22.3. The molecule has 0 bridgehead atoms. The Morgan fingerprint density at radius 3 is 2.45 bits per heavy atom. The Morgan fingerprint density at radius 1 is 1.03 bits per heavy atom. The molecule has 0 unspecified atom stereocenters. The number of carbonyl (C=O) groups excluding carboxylic acids is 2. The van der Waals surface area contributed by atoms with Crippen molar-refractivity contribution in [2.45, 2.75) is 26.9 Å². The number of halogens is 1. The third kappa shape index (κ3) is 5.49. The first-order chi connectivity index (χ1) is 15.9. The number of nitrogens with one attached hydrogen (secondary N) is 2. The Morgan fingerprint density at radius 2 is 1.76 bits per heavy atom. The van der Waals surface area contributed by atoms with Gasteiger partial charge in [-0.15, -0.1) is 0 Å². The molecule has 1 atom stereocenters. The van der Waals surface area contributed by atoms with Crippen LogP contribution in [-0.2, 0) is 16.2 Å². The number of anilines is 2. The maximum atomic E-state index is 13.0. The summed E-state index contributed by atoms with van der Waals surface area (Å²) in [5, 5.41) is 0. The van der Waals surface area contributed by atoms with Gasteiger partial charge in [0.05, 0.1) is 11.6 Å². The molecule has 1 aliphatic heterocycles. The van der Waals surface area contributed by atoms with E-state index in [1.807, 2.05) is 32.0 Å². The number of hydrogen-bond acceptors (Lipinski definition) is 4. The van der Waals surface area contributed by atoms with E-state index >= 15 is 0 Å². The molecule has 1 saturated heterocycles. The second kappa shape index (κ2) is 9.73. The van der Waals surface area contributed by atoms with Gasteiger partial charge in [-0.1, -0.05) is 18.2 Å². The molecule has 4 rings (SSSR count). The Bertz CT molecular complexity index is 1150. The zero-order valence-electron chi connectivity index (χ0n) is 18.6. The zero-order valence-corrected chi connectivity index (χ0v) is 18.6. The lowest BCUT2D eigenvalue weighted by Crippen LogP contribution is -2.36. The molecule has 0 saturated carbocycles. The molecule has 6 nitrogen and oxygen atoms in total. The molecule has 0 spiro atoms. The summed E-state index contributed by atoms with van der Waals surface area (Å²) in [6, 6.07) is 19.1. The van der Waals surface area contributed by atoms with Crippen LogP contribution in [0.25, 0.3) is 0 Å². The molecule has 1 fully saturated rings. The third-order valence-corrected chi connectivity index (χ3v) is 5.80. The lowest BCUT2D eigenvalue weighted by atomic mass is 10.1. The maximum Gasteiger partial charge on any atom is 0.243 e. The quantitative estimate of drug-likeness (QED) is 0.523. The molecule has 7 heteroatoms. The van der Waals surface area contributed by atoms with Gasteiger partial charge in [-0.05, 0) is 79.1 Å². The number of nitrogens with zero attached hydrogens (tertiary/aromatic N) is 1. The number of hydrazine groups is 1. The van der Waals surface area contributed by atoms with E-state index in [1.165, 1.54) is 12.1 Å². The van der Waals surface area contributed by atoms with Gasteiger partial charge in [0, 0.05) is 18.7 Å². The summed E-state index contributed by atoms with van der Waals surface area (Å²) in [6.45, 7) is 4.71. The Hall–Kier alpha value is -3.87. The number of ether oxygens (including phenoxy) is 1. The van der Waals surface area contributed by atoms with Crippen molar-refractivity contribution >= 4 is 23.2 Å². The van der Waals surface area contributed by atoms with Crippen LogP contribution >= 0.6 is 0 Å². The lowest BCUT2D eigenvalue weighted by molar-refractivity contribution is -0.125. The normalized spacial score (nSPS) is 15.4. The van der Waals surface area contributed by atoms with E-state index in [4.69, 9.17) is 4.74 Å². The lowest BCUT2D eigenvalue weighted by Gasteiger charge is -2.18. The van der Waals surface area contributed by atoms with Gasteiger partial charge in [0.15, 0.2) is 0 Å². The fourth-order valence-corrected chi connectivity index (χ4v) is 3.64. The van der Waals surface area contributed by atoms with Crippen LogP contribution < -0.4 is 20.5 Å². The van der Waals surface area contributed by atoms with Crippen molar-refractivity contribution < 1.29 is 18.7 Å². The fraction of sp³-hybridized carbons (Fsp3) is 0.231. The van der Waals surface area contributed by atoms with Crippen molar-refractivity contribution in [3.63, 3.8) is 0 Å². The summed E-state index contributed by atoms with van der Waals surface area (Å²) < 4.78 is 18.7. The van der Waals surface area contributed by atoms with Gasteiger partial charge in [0.1, 0.15) is 18.2 Å². The summed E-state index contributed by atoms with van der Waals surface area (Å²) in [6.07, 6.45) is 0.177. The number of amides is 2. The Kier molecular flexibility index (Phi) is 6.58. The van der Waals surface area contributed by atoms with Crippen molar-refractivity contribution in [1.29, 1.82) is 0 Å². The van der Waals surface area contributed by atoms with Crippen LogP contribution in [0.3, 0.4) is 0 Å². The van der Waals surface area contributed by atoms with Gasteiger partial charge in [0.25, 0.3) is 0 Å². The van der Waals surface area contributed by atoms with Crippen LogP contribution in [0.5, 0.6) is 5.75 Å². The minimum atomic E-state index is -0.426. The van der Waals surface area contributed by atoms with E-state index in [-0.39, 0.29) is 24.1 Å². The van der Waals surface area contributed by atoms with E-state index in [0.29, 0.717) is 24.6 Å². The van der Waals surface area contributed by atoms with Crippen LogP contribution in [0.2, 0.25) is 0 Å². The van der Waals surface area contributed by atoms with Crippen molar-refractivity contribution in [3.05, 3.63) is 89.2 Å². The average Bonchev–Trinajstić information content (AvgIpc) is 3.21. The standard InChI is InChI=1S/C26H26FN3O3/c1-17-3-10-23(13-18(17)2)30-15-20(14-25(30)31)26(32)29-28-22-8-11-24(12-9-22)33-16-19-4-6-21(27)7-5-19/h3-13,20,28H,14-16H2,1-2H3,(H,29,32)/t20-/m1/s1.